The van der Waals surface area contributed by atoms with Crippen molar-refractivity contribution < 1.29 is 0 Å². The second-order valence-electron chi connectivity index (χ2n) is 10.6. The molecule has 2 nitrogen and oxygen atoms in total. The van der Waals surface area contributed by atoms with Gasteiger partial charge in [0.15, 0.2) is 0 Å². The summed E-state index contributed by atoms with van der Waals surface area (Å²) in [5, 5.41) is 2.47. The molecule has 0 radical (unpaired) electrons. The molecule has 0 saturated heterocycles. The molecule has 59 heteroatoms. The van der Waals surface area contributed by atoms with E-state index in [0.29, 0.717) is 0 Å². The Balaban J connectivity index is 0.000000560. The first-order valence-corrected chi connectivity index (χ1v) is 91.8. The number of pyridine rings is 1. The van der Waals surface area contributed by atoms with Crippen molar-refractivity contribution in [3.63, 3.8) is 0 Å². The van der Waals surface area contributed by atoms with Crippen LogP contribution in [0.2, 0.25) is 0 Å². The second-order valence-corrected chi connectivity index (χ2v) is 107. The number of aromatic nitrogens is 2. The summed E-state index contributed by atoms with van der Waals surface area (Å²) in [6.45, 7) is 10.9. The lowest BCUT2D eigenvalue weighted by Crippen LogP contribution is -2.01. The van der Waals surface area contributed by atoms with Crippen LogP contribution in [-0.4, -0.2) is 9.38 Å². The number of halogens is 1. The molecule has 2 aromatic heterocycles. The van der Waals surface area contributed by atoms with Gasteiger partial charge in [-0.05, 0) is 72.6 Å². The van der Waals surface area contributed by atoms with Crippen LogP contribution in [0, 0.1) is 34.6 Å². The molecule has 4 rings (SSSR count). The largest absolute Gasteiger partial charge is 0.295 e. The molecule has 4 aromatic rings. The van der Waals surface area contributed by atoms with Crippen molar-refractivity contribution in [1.29, 1.82) is 0 Å². The highest BCUT2D eigenvalue weighted by molar-refractivity contribution is 9.10. The fourth-order valence-corrected chi connectivity index (χ4v) is 148. The van der Waals surface area contributed by atoms with E-state index in [1.807, 2.05) is 355 Å². The summed E-state index contributed by atoms with van der Waals surface area (Å²) in [6.07, 6.45) is 0. The molecule has 2 heterocycles. The van der Waals surface area contributed by atoms with E-state index in [9.17, 15) is 0 Å². The number of imidazole rings is 1. The van der Waals surface area contributed by atoms with Crippen LogP contribution in [0.25, 0.3) is 27.7 Å². The van der Waals surface area contributed by atoms with Crippen LogP contribution in [0.3, 0.4) is 0 Å². The van der Waals surface area contributed by atoms with Crippen LogP contribution in [0.15, 0.2) is 41.0 Å². The summed E-state index contributed by atoms with van der Waals surface area (Å²) in [5.74, 6) is 0. The molecule has 462 valence electrons. The Morgan fingerprint density at radius 1 is 0.333 bits per heavy atom. The van der Waals surface area contributed by atoms with E-state index >= 15 is 0 Å². The Morgan fingerprint density at radius 3 is 0.790 bits per heavy atom. The molecule has 0 aliphatic carbocycles. The molecular weight excluding hydrogens is 2170 g/mol. The zero-order valence-electron chi connectivity index (χ0n) is 38.1. The molecule has 2 aromatic carbocycles. The van der Waals surface area contributed by atoms with E-state index < -0.39 is 0 Å². The van der Waals surface area contributed by atoms with Crippen LogP contribution in [0.4, 0.5) is 0 Å². The van der Waals surface area contributed by atoms with Crippen molar-refractivity contribution >= 4 is 534 Å². The van der Waals surface area contributed by atoms with Crippen molar-refractivity contribution in [2.24, 2.45) is 0 Å². The summed E-state index contributed by atoms with van der Waals surface area (Å²) in [7, 11) is 96.7. The zero-order chi connectivity index (χ0) is 58.1. The number of fused-ring (bicyclic) bond motifs is 3. The topological polar surface area (TPSA) is 17.3 Å². The minimum atomic E-state index is 0.904. The average molecular weight is 2190 g/mol. The summed E-state index contributed by atoms with van der Waals surface area (Å²) in [6, 6.07) is 13.0. The quantitative estimate of drug-likeness (QED) is 0.223. The molecule has 0 atom stereocenters. The maximum absolute atomic E-state index is 4.90. The van der Waals surface area contributed by atoms with Crippen LogP contribution in [-0.2, 0) is 502 Å². The lowest BCUT2D eigenvalue weighted by molar-refractivity contribution is 1.08. The van der Waals surface area contributed by atoms with Crippen LogP contribution >= 0.6 is 15.9 Å². The van der Waals surface area contributed by atoms with E-state index in [2.05, 4.69) is 91.3 Å². The fourth-order valence-electron chi connectivity index (χ4n) is 4.63. The van der Waals surface area contributed by atoms with Gasteiger partial charge in [-0.25, -0.2) is 4.98 Å². The highest BCUT2D eigenvalue weighted by Gasteiger charge is 2.20. The van der Waals surface area contributed by atoms with Gasteiger partial charge in [-0.1, -0.05) is 42.0 Å². The third kappa shape index (κ3) is 44.1. The normalized spacial score (nSPS) is 8.96. The van der Waals surface area contributed by atoms with Gasteiger partial charge >= 0.3 is 0 Å². The third-order valence-electron chi connectivity index (χ3n) is 6.67. The number of hydrogen-bond acceptors (Lipinski definition) is 3. The lowest BCUT2D eigenvalue weighted by atomic mass is 9.97. The molecule has 0 spiro atoms. The monoisotopic (exact) mass is 2180 g/mol. The summed E-state index contributed by atoms with van der Waals surface area (Å²) >= 11 is 13.4. The molecule has 0 saturated carbocycles. The predicted octanol–water partition coefficient (Wildman–Crippen LogP) is 6.32. The van der Waals surface area contributed by atoms with Gasteiger partial charge in [0, 0.05) is 519 Å². The van der Waals surface area contributed by atoms with Crippen LogP contribution < -0.4 is 0 Å². The Kier molecular flexibility index (Phi) is 65.8. The van der Waals surface area contributed by atoms with Gasteiger partial charge in [0.2, 0.25) is 0 Å². The molecule has 0 aliphatic rings. The highest BCUT2D eigenvalue weighted by atomic mass is 79.9. The molecule has 0 fully saturated rings. The molecule has 0 N–H and O–H groups in total. The van der Waals surface area contributed by atoms with Crippen molar-refractivity contribution in [2.75, 3.05) is 0 Å². The highest BCUT2D eigenvalue weighted by Crippen LogP contribution is 2.38. The maximum Gasteiger partial charge on any atom is 0.146 e. The molecular formula is C22H21BrN2S56. The lowest BCUT2D eigenvalue weighted by Gasteiger charge is -2.16. The first-order valence-electron chi connectivity index (χ1n) is 17.7. The summed E-state index contributed by atoms with van der Waals surface area (Å²) in [4.78, 5) is 4.90. The minimum absolute atomic E-state index is 0.904. The number of benzene rings is 2. The van der Waals surface area contributed by atoms with Gasteiger partial charge in [-0.3, -0.25) is 4.40 Å². The fraction of sp³-hybridized carbons (Fsp3) is 0.227. The maximum atomic E-state index is 4.90. The van der Waals surface area contributed by atoms with Gasteiger partial charge in [0.25, 0.3) is 0 Å². The van der Waals surface area contributed by atoms with Crippen molar-refractivity contribution in [1.82, 2.24) is 9.38 Å². The van der Waals surface area contributed by atoms with Gasteiger partial charge in [0.05, 0.1) is 5.69 Å². The van der Waals surface area contributed by atoms with E-state index in [1.54, 1.807) is 107 Å². The third-order valence-corrected chi connectivity index (χ3v) is 125. The first kappa shape index (κ1) is 85.4. The predicted molar refractivity (Wildman–Crippen MR) is 522 cm³/mol. The Labute approximate surface area is 641 Å². The van der Waals surface area contributed by atoms with E-state index in [4.69, 9.17) is 27.4 Å². The minimum Gasteiger partial charge on any atom is -0.295 e. The van der Waals surface area contributed by atoms with Crippen molar-refractivity contribution in [2.45, 2.75) is 34.6 Å². The average Bonchev–Trinajstić information content (AvgIpc) is 4.06. The SMILES string of the molecule is Cc1cc(C)c(-c2c(Br)nc3c4ccccc4c(C)c(C)n23)c(C)c1.S=S=S=S=S=S=S=S=S=S=S=S=S=S=S=S=S=S=S=S=S=S=S=S=S=S=S=S=S=S=S=S=S=S=S=S=S=S=S=S=S=S=S=S=S=S=S=S=S=S=S=S=S=S=S=S. The molecule has 0 amide bonds. The Bertz CT molecular complexity index is 5480. The first-order chi connectivity index (χ1) is 39.8. The summed E-state index contributed by atoms with van der Waals surface area (Å²) in [5.41, 5.74) is 9.83. The van der Waals surface area contributed by atoms with Gasteiger partial charge in [-0.15, -0.1) is 0 Å². The van der Waals surface area contributed by atoms with E-state index in [1.165, 1.54) is 62.0 Å². The van der Waals surface area contributed by atoms with E-state index in [-0.39, 0.29) is 0 Å². The van der Waals surface area contributed by atoms with Crippen molar-refractivity contribution in [3.05, 3.63) is 68.9 Å². The van der Waals surface area contributed by atoms with Crippen LogP contribution in [0.5, 0.6) is 0 Å². The molecule has 0 aliphatic heterocycles. The van der Waals surface area contributed by atoms with E-state index in [0.717, 1.165) is 15.9 Å². The number of nitrogens with zero attached hydrogens (tertiary/aromatic N) is 2. The standard InChI is InChI=1S/C22H21BrN2.S56/c1-12-10-13(2)19(14(3)11-12)20-21(23)24-22-18-9-7-6-8-17(18)15(4)16(5)25(20)22;1-3-5-7-9-11-13-15-17-19-21-23-25-27-29-31-33-35-37-39-41-43-45-47-49-51-53-55-56-54-52-50-48-46-44-42-40-38-36-34-32-30-28-26-24-22-20-18-16-14-12-10-8-6-4-2/h6-11H,1-5H3;. The molecule has 0 unspecified atom stereocenters. The van der Waals surface area contributed by atoms with Gasteiger partial charge in [0.1, 0.15) is 10.3 Å². The van der Waals surface area contributed by atoms with Crippen LogP contribution in [0.1, 0.15) is 27.9 Å². The Hall–Kier alpha value is 10.2. The van der Waals surface area contributed by atoms with Crippen molar-refractivity contribution in [3.8, 4) is 11.3 Å². The number of aryl methyl sites for hydroxylation is 5. The molecule has 0 bridgehead atoms. The van der Waals surface area contributed by atoms with Gasteiger partial charge in [-0.2, -0.15) is 0 Å². The summed E-state index contributed by atoms with van der Waals surface area (Å²) < 4.78 is 3.22. The molecule has 81 heavy (non-hydrogen) atoms. The van der Waals surface area contributed by atoms with Gasteiger partial charge < -0.3 is 0 Å². The number of rotatable bonds is 1. The Morgan fingerprint density at radius 2 is 0.556 bits per heavy atom. The smallest absolute Gasteiger partial charge is 0.146 e. The number of hydrogen-bond donors (Lipinski definition) is 0. The second kappa shape index (κ2) is 62.4. The zero-order valence-corrected chi connectivity index (χ0v) is 85.4.